The highest BCUT2D eigenvalue weighted by molar-refractivity contribution is 5.76. The van der Waals surface area contributed by atoms with Crippen molar-refractivity contribution in [2.24, 2.45) is 0 Å². The number of ether oxygens (including phenoxy) is 6. The number of hydrogen-bond donors (Lipinski definition) is 12. The highest BCUT2D eigenvalue weighted by atomic mass is 16.8. The van der Waals surface area contributed by atoms with Gasteiger partial charge in [-0.1, -0.05) is 151 Å². The van der Waals surface area contributed by atoms with Crippen LogP contribution in [0.15, 0.2) is 72.9 Å². The zero-order chi connectivity index (χ0) is 55.5. The van der Waals surface area contributed by atoms with Crippen molar-refractivity contribution in [3.05, 3.63) is 72.9 Å². The summed E-state index contributed by atoms with van der Waals surface area (Å²) in [5.74, 6) is -0.268. The van der Waals surface area contributed by atoms with Gasteiger partial charge in [-0.25, -0.2) is 0 Å². The van der Waals surface area contributed by atoms with Crippen LogP contribution in [-0.2, 0) is 33.2 Å². The Labute approximate surface area is 451 Å². The van der Waals surface area contributed by atoms with Crippen LogP contribution in [0.25, 0.3) is 0 Å². The van der Waals surface area contributed by atoms with Crippen LogP contribution in [0.1, 0.15) is 149 Å². The molecule has 438 valence electrons. The number of carbonyl (C=O) groups is 1. The molecule has 12 N–H and O–H groups in total. The zero-order valence-corrected chi connectivity index (χ0v) is 45.2. The summed E-state index contributed by atoms with van der Waals surface area (Å²) in [6, 6.07) is -0.896. The van der Waals surface area contributed by atoms with Crippen LogP contribution in [0.3, 0.4) is 0 Å². The summed E-state index contributed by atoms with van der Waals surface area (Å²) in [5.41, 5.74) is 0. The van der Waals surface area contributed by atoms with Crippen LogP contribution >= 0.6 is 0 Å². The number of carbonyl (C=O) groups excluding carboxylic acids is 1. The first-order chi connectivity index (χ1) is 36.8. The summed E-state index contributed by atoms with van der Waals surface area (Å²) in [4.78, 5) is 13.2. The van der Waals surface area contributed by atoms with E-state index in [4.69, 9.17) is 28.4 Å². The Morgan fingerprint density at radius 2 is 0.908 bits per heavy atom. The van der Waals surface area contributed by atoms with Gasteiger partial charge >= 0.3 is 0 Å². The van der Waals surface area contributed by atoms with E-state index in [1.807, 2.05) is 0 Å². The van der Waals surface area contributed by atoms with Gasteiger partial charge in [0.15, 0.2) is 18.9 Å². The maximum Gasteiger partial charge on any atom is 0.220 e. The van der Waals surface area contributed by atoms with Crippen molar-refractivity contribution >= 4 is 5.91 Å². The summed E-state index contributed by atoms with van der Waals surface area (Å²) in [5, 5.41) is 120. The van der Waals surface area contributed by atoms with Gasteiger partial charge in [0.2, 0.25) is 5.91 Å². The third-order valence-electron chi connectivity index (χ3n) is 13.8. The molecule has 0 radical (unpaired) electrons. The quantitative estimate of drug-likeness (QED) is 0.0307. The van der Waals surface area contributed by atoms with E-state index in [-0.39, 0.29) is 18.9 Å². The van der Waals surface area contributed by atoms with Crippen LogP contribution in [0.4, 0.5) is 0 Å². The average Bonchev–Trinajstić information content (AvgIpc) is 3.42. The van der Waals surface area contributed by atoms with Crippen molar-refractivity contribution in [3.63, 3.8) is 0 Å². The molecule has 3 rings (SSSR count). The Kier molecular flexibility index (Phi) is 35.9. The number of amides is 1. The molecule has 1 amide bonds. The van der Waals surface area contributed by atoms with E-state index in [0.29, 0.717) is 19.3 Å². The molecule has 3 heterocycles. The fourth-order valence-corrected chi connectivity index (χ4v) is 9.14. The summed E-state index contributed by atoms with van der Waals surface area (Å²) < 4.78 is 34.1. The lowest BCUT2D eigenvalue weighted by Gasteiger charge is -2.48. The first-order valence-electron chi connectivity index (χ1n) is 28.2. The van der Waals surface area contributed by atoms with Crippen LogP contribution in [0.5, 0.6) is 0 Å². The summed E-state index contributed by atoms with van der Waals surface area (Å²) in [6.45, 7) is 1.54. The first kappa shape index (κ1) is 67.5. The molecule has 76 heavy (non-hydrogen) atoms. The lowest BCUT2D eigenvalue weighted by Crippen LogP contribution is -2.66. The Morgan fingerprint density at radius 1 is 0.487 bits per heavy atom. The summed E-state index contributed by atoms with van der Waals surface area (Å²) in [6.07, 6.45) is 19.0. The lowest BCUT2D eigenvalue weighted by atomic mass is 9.96. The van der Waals surface area contributed by atoms with E-state index < -0.39 is 124 Å². The predicted octanol–water partition coefficient (Wildman–Crippen LogP) is 3.87. The maximum atomic E-state index is 13.2. The Morgan fingerprint density at radius 3 is 1.42 bits per heavy atom. The van der Waals surface area contributed by atoms with Gasteiger partial charge in [-0.2, -0.15) is 0 Å². The zero-order valence-electron chi connectivity index (χ0n) is 45.2. The molecule has 0 aromatic heterocycles. The topological polar surface area (TPSA) is 307 Å². The van der Waals surface area contributed by atoms with E-state index in [0.717, 1.165) is 109 Å². The normalized spacial score (nSPS) is 31.5. The highest BCUT2D eigenvalue weighted by Crippen LogP contribution is 2.33. The van der Waals surface area contributed by atoms with Crippen molar-refractivity contribution in [1.29, 1.82) is 0 Å². The van der Waals surface area contributed by atoms with E-state index in [2.05, 4.69) is 92.1 Å². The van der Waals surface area contributed by atoms with E-state index in [1.54, 1.807) is 0 Å². The predicted molar refractivity (Wildman–Crippen MR) is 286 cm³/mol. The number of aliphatic hydroxyl groups excluding tert-OH is 11. The third kappa shape index (κ3) is 24.7. The second kappa shape index (κ2) is 40.4. The minimum absolute atomic E-state index is 0.243. The largest absolute Gasteiger partial charge is 0.394 e. The fourth-order valence-electron chi connectivity index (χ4n) is 9.14. The van der Waals surface area contributed by atoms with Gasteiger partial charge in [-0.15, -0.1) is 0 Å². The number of hydrogen-bond acceptors (Lipinski definition) is 18. The number of rotatable bonds is 39. The van der Waals surface area contributed by atoms with Gasteiger partial charge in [-0.3, -0.25) is 4.79 Å². The van der Waals surface area contributed by atoms with E-state index >= 15 is 0 Å². The molecule has 3 saturated heterocycles. The molecular formula is C57H97NO18. The van der Waals surface area contributed by atoms with Gasteiger partial charge in [0.05, 0.1) is 38.6 Å². The second-order valence-corrected chi connectivity index (χ2v) is 20.0. The van der Waals surface area contributed by atoms with Crippen molar-refractivity contribution in [3.8, 4) is 0 Å². The molecule has 0 aromatic carbocycles. The van der Waals surface area contributed by atoms with Crippen LogP contribution in [0, 0.1) is 0 Å². The standard InChI is InChI=1S/C57H97NO18/c1-3-5-7-9-11-12-13-14-15-16-17-18-19-20-21-22-23-24-25-26-27-28-29-31-33-35-45(63)58-40(41(62)34-32-30-10-8-6-4-2)39-71-55-51(69)48(66)53(43(37-60)73-55)76-57-52(70)49(67)54(44(38-61)74-57)75-56-50(68)47(65)46(64)42(36-59)72-56/h5,7,11-12,14-15,17-18,20-21,23-24,40-44,46-57,59-62,64-70H,3-4,6,8-10,13,16,19,22,25-39H2,1-2H3,(H,58,63)/b7-5-,12-11-,15-14-,18-17-,21-20-,24-23-. The third-order valence-corrected chi connectivity index (χ3v) is 13.8. The Balaban J connectivity index is 1.42. The summed E-state index contributed by atoms with van der Waals surface area (Å²) >= 11 is 0. The Hall–Kier alpha value is -2.77. The van der Waals surface area contributed by atoms with Crippen LogP contribution < -0.4 is 5.32 Å². The molecule has 17 unspecified atom stereocenters. The molecule has 19 heteroatoms. The lowest BCUT2D eigenvalue weighted by molar-refractivity contribution is -0.379. The van der Waals surface area contributed by atoms with E-state index in [1.165, 1.54) is 0 Å². The molecule has 17 atom stereocenters. The van der Waals surface area contributed by atoms with Crippen molar-refractivity contribution in [2.45, 2.75) is 253 Å². The average molecular weight is 1080 g/mol. The van der Waals surface area contributed by atoms with Crippen molar-refractivity contribution in [2.75, 3.05) is 26.4 Å². The molecule has 3 fully saturated rings. The molecule has 0 spiro atoms. The first-order valence-corrected chi connectivity index (χ1v) is 28.2. The number of allylic oxidation sites excluding steroid dienone is 12. The van der Waals surface area contributed by atoms with Crippen molar-refractivity contribution in [1.82, 2.24) is 5.32 Å². The van der Waals surface area contributed by atoms with Crippen molar-refractivity contribution < 1.29 is 89.4 Å². The Bertz CT molecular complexity index is 1670. The SMILES string of the molecule is CC/C=C\C/C=C\C/C=C\C/C=C\C/C=C\C/C=C\CCCCCCCCC(=O)NC(COC1OC(CO)C(OC2OC(CO)C(OC3OC(CO)C(O)C(O)C3O)C(O)C2O)C(O)C1O)C(O)CCCCCCCC. The van der Waals surface area contributed by atoms with Crippen LogP contribution in [-0.4, -0.2) is 193 Å². The molecule has 19 nitrogen and oxygen atoms in total. The molecule has 3 aliphatic heterocycles. The molecule has 0 aromatic rings. The molecular weight excluding hydrogens is 987 g/mol. The molecule has 3 aliphatic rings. The maximum absolute atomic E-state index is 13.2. The summed E-state index contributed by atoms with van der Waals surface area (Å²) in [7, 11) is 0. The number of aliphatic hydroxyl groups is 11. The van der Waals surface area contributed by atoms with E-state index in [9.17, 15) is 61.0 Å². The smallest absolute Gasteiger partial charge is 0.220 e. The van der Waals surface area contributed by atoms with Gasteiger partial charge in [-0.05, 0) is 64.2 Å². The minimum Gasteiger partial charge on any atom is -0.394 e. The highest BCUT2D eigenvalue weighted by Gasteiger charge is 2.53. The monoisotopic (exact) mass is 1080 g/mol. The van der Waals surface area contributed by atoms with Gasteiger partial charge < -0.3 is 89.9 Å². The van der Waals surface area contributed by atoms with Gasteiger partial charge in [0, 0.05) is 6.42 Å². The minimum atomic E-state index is -1.97. The number of unbranched alkanes of at least 4 members (excludes halogenated alkanes) is 11. The van der Waals surface area contributed by atoms with Gasteiger partial charge in [0.1, 0.15) is 73.2 Å². The molecule has 0 bridgehead atoms. The second-order valence-electron chi connectivity index (χ2n) is 20.0. The van der Waals surface area contributed by atoms with Gasteiger partial charge in [0.25, 0.3) is 0 Å². The number of nitrogens with one attached hydrogen (secondary N) is 1. The molecule has 0 aliphatic carbocycles. The molecule has 0 saturated carbocycles. The van der Waals surface area contributed by atoms with Crippen LogP contribution in [0.2, 0.25) is 0 Å². The fraction of sp³-hybridized carbons (Fsp3) is 0.772.